The second-order valence-electron chi connectivity index (χ2n) is 5.68. The van der Waals surface area contributed by atoms with Crippen molar-refractivity contribution in [2.45, 2.75) is 25.4 Å². The Kier molecular flexibility index (Phi) is 6.49. The van der Waals surface area contributed by atoms with Gasteiger partial charge >= 0.3 is 0 Å². The molecule has 0 aliphatic heterocycles. The van der Waals surface area contributed by atoms with Crippen LogP contribution in [0, 0.1) is 5.92 Å². The smallest absolute Gasteiger partial charge is 0.0802 e. The fourth-order valence-corrected chi connectivity index (χ4v) is 2.51. The molecule has 1 fully saturated rings. The van der Waals surface area contributed by atoms with Gasteiger partial charge in [0.15, 0.2) is 0 Å². The fraction of sp³-hybridized carbons (Fsp3) is 0.625. The van der Waals surface area contributed by atoms with Crippen molar-refractivity contribution >= 4 is 15.9 Å². The highest BCUT2D eigenvalue weighted by molar-refractivity contribution is 9.10. The molecule has 1 atom stereocenters. The molecule has 0 amide bonds. The zero-order valence-corrected chi connectivity index (χ0v) is 13.7. The van der Waals surface area contributed by atoms with E-state index in [0.29, 0.717) is 0 Å². The number of benzene rings is 1. The Labute approximate surface area is 130 Å². The van der Waals surface area contributed by atoms with Crippen LogP contribution in [-0.2, 0) is 4.74 Å². The van der Waals surface area contributed by atoms with Crippen LogP contribution < -0.4 is 0 Å². The Morgan fingerprint density at radius 3 is 2.90 bits per heavy atom. The third kappa shape index (κ3) is 5.92. The molecule has 0 aromatic heterocycles. The van der Waals surface area contributed by atoms with Crippen LogP contribution >= 0.6 is 15.9 Å². The van der Waals surface area contributed by atoms with Gasteiger partial charge in [0.25, 0.3) is 0 Å². The van der Waals surface area contributed by atoms with Crippen LogP contribution in [-0.4, -0.2) is 43.4 Å². The van der Waals surface area contributed by atoms with E-state index >= 15 is 0 Å². The first-order valence-corrected chi connectivity index (χ1v) is 8.14. The van der Waals surface area contributed by atoms with Gasteiger partial charge in [-0.25, -0.2) is 0 Å². The summed E-state index contributed by atoms with van der Waals surface area (Å²) < 4.78 is 6.64. The quantitative estimate of drug-likeness (QED) is 0.700. The second kappa shape index (κ2) is 8.13. The van der Waals surface area contributed by atoms with Gasteiger partial charge in [-0.3, -0.25) is 0 Å². The average Bonchev–Trinajstić information content (AvgIpc) is 3.25. The SMILES string of the molecule is CN(CCOCC1CC1)CCC(O)c1cccc(Br)c1. The molecule has 112 valence electrons. The molecule has 0 saturated heterocycles. The minimum absolute atomic E-state index is 0.401. The van der Waals surface area contributed by atoms with E-state index in [2.05, 4.69) is 27.9 Å². The minimum Gasteiger partial charge on any atom is -0.388 e. The molecule has 0 heterocycles. The summed E-state index contributed by atoms with van der Waals surface area (Å²) in [5.41, 5.74) is 0.970. The van der Waals surface area contributed by atoms with E-state index < -0.39 is 6.10 Å². The molecule has 20 heavy (non-hydrogen) atoms. The first-order valence-electron chi connectivity index (χ1n) is 7.35. The molecule has 1 aliphatic carbocycles. The largest absolute Gasteiger partial charge is 0.388 e. The van der Waals surface area contributed by atoms with E-state index in [1.165, 1.54) is 12.8 Å². The maximum atomic E-state index is 10.2. The van der Waals surface area contributed by atoms with Crippen LogP contribution in [0.3, 0.4) is 0 Å². The molecule has 1 N–H and O–H groups in total. The lowest BCUT2D eigenvalue weighted by Gasteiger charge is -2.19. The van der Waals surface area contributed by atoms with Gasteiger partial charge in [-0.15, -0.1) is 0 Å². The summed E-state index contributed by atoms with van der Waals surface area (Å²) in [5.74, 6) is 0.832. The van der Waals surface area contributed by atoms with Gasteiger partial charge in [-0.1, -0.05) is 28.1 Å². The maximum Gasteiger partial charge on any atom is 0.0802 e. The zero-order valence-electron chi connectivity index (χ0n) is 12.1. The highest BCUT2D eigenvalue weighted by Crippen LogP contribution is 2.28. The zero-order chi connectivity index (χ0) is 14.4. The van der Waals surface area contributed by atoms with Gasteiger partial charge in [-0.05, 0) is 49.9 Å². The number of hydrogen-bond donors (Lipinski definition) is 1. The lowest BCUT2D eigenvalue weighted by Crippen LogP contribution is -2.25. The van der Waals surface area contributed by atoms with Crippen molar-refractivity contribution in [3.63, 3.8) is 0 Å². The highest BCUT2D eigenvalue weighted by Gasteiger charge is 2.20. The predicted octanol–water partition coefficient (Wildman–Crippen LogP) is 3.23. The van der Waals surface area contributed by atoms with E-state index in [1.54, 1.807) is 0 Å². The topological polar surface area (TPSA) is 32.7 Å². The summed E-state index contributed by atoms with van der Waals surface area (Å²) in [6.07, 6.45) is 3.03. The van der Waals surface area contributed by atoms with E-state index in [1.807, 2.05) is 24.3 Å². The van der Waals surface area contributed by atoms with Crippen molar-refractivity contribution in [2.24, 2.45) is 5.92 Å². The molecule has 0 spiro atoms. The van der Waals surface area contributed by atoms with Crippen LogP contribution in [0.15, 0.2) is 28.7 Å². The molecule has 1 saturated carbocycles. The van der Waals surface area contributed by atoms with Crippen molar-refractivity contribution in [3.05, 3.63) is 34.3 Å². The lowest BCUT2D eigenvalue weighted by molar-refractivity contribution is 0.0948. The Bertz CT molecular complexity index is 409. The third-order valence-electron chi connectivity index (χ3n) is 3.69. The number of ether oxygens (including phenoxy) is 1. The lowest BCUT2D eigenvalue weighted by atomic mass is 10.1. The fourth-order valence-electron chi connectivity index (χ4n) is 2.09. The monoisotopic (exact) mass is 341 g/mol. The second-order valence-corrected chi connectivity index (χ2v) is 6.60. The molecule has 4 heteroatoms. The van der Waals surface area contributed by atoms with E-state index in [-0.39, 0.29) is 0 Å². The van der Waals surface area contributed by atoms with Crippen molar-refractivity contribution in [2.75, 3.05) is 33.4 Å². The minimum atomic E-state index is -0.401. The third-order valence-corrected chi connectivity index (χ3v) is 4.18. The van der Waals surface area contributed by atoms with Crippen LogP contribution in [0.2, 0.25) is 0 Å². The molecule has 1 aliphatic rings. The van der Waals surface area contributed by atoms with Gasteiger partial charge in [0, 0.05) is 24.2 Å². The van der Waals surface area contributed by atoms with Crippen LogP contribution in [0.5, 0.6) is 0 Å². The van der Waals surface area contributed by atoms with Crippen LogP contribution in [0.4, 0.5) is 0 Å². The molecule has 3 nitrogen and oxygen atoms in total. The molecular formula is C16H24BrNO2. The average molecular weight is 342 g/mol. The maximum absolute atomic E-state index is 10.2. The van der Waals surface area contributed by atoms with Crippen molar-refractivity contribution < 1.29 is 9.84 Å². The van der Waals surface area contributed by atoms with E-state index in [4.69, 9.17) is 4.74 Å². The number of hydrogen-bond acceptors (Lipinski definition) is 3. The first-order chi connectivity index (χ1) is 9.65. The molecule has 1 aromatic carbocycles. The Morgan fingerprint density at radius 2 is 2.20 bits per heavy atom. The van der Waals surface area contributed by atoms with Crippen molar-refractivity contribution in [1.29, 1.82) is 0 Å². The summed E-state index contributed by atoms with van der Waals surface area (Å²) in [6, 6.07) is 7.87. The number of halogens is 1. The Morgan fingerprint density at radius 1 is 1.40 bits per heavy atom. The van der Waals surface area contributed by atoms with Crippen LogP contribution in [0.1, 0.15) is 30.9 Å². The number of aliphatic hydroxyl groups is 1. The van der Waals surface area contributed by atoms with Gasteiger partial charge in [-0.2, -0.15) is 0 Å². The summed E-state index contributed by atoms with van der Waals surface area (Å²) in [7, 11) is 2.08. The van der Waals surface area contributed by atoms with Gasteiger partial charge in [0.2, 0.25) is 0 Å². The molecule has 1 unspecified atom stereocenters. The first kappa shape index (κ1) is 16.0. The number of aliphatic hydroxyl groups excluding tert-OH is 1. The predicted molar refractivity (Wildman–Crippen MR) is 84.8 cm³/mol. The van der Waals surface area contributed by atoms with Gasteiger partial charge in [0.05, 0.1) is 12.7 Å². The molecule has 1 aromatic rings. The van der Waals surface area contributed by atoms with Gasteiger partial charge < -0.3 is 14.7 Å². The normalized spacial score (nSPS) is 16.6. The van der Waals surface area contributed by atoms with Crippen molar-refractivity contribution in [1.82, 2.24) is 4.90 Å². The van der Waals surface area contributed by atoms with Crippen molar-refractivity contribution in [3.8, 4) is 0 Å². The summed E-state index contributed by atoms with van der Waals surface area (Å²) >= 11 is 3.43. The van der Waals surface area contributed by atoms with Gasteiger partial charge in [0.1, 0.15) is 0 Å². The van der Waals surface area contributed by atoms with E-state index in [0.717, 1.165) is 48.7 Å². The number of rotatable bonds is 9. The Balaban J connectivity index is 1.60. The van der Waals surface area contributed by atoms with E-state index in [9.17, 15) is 5.11 Å². The summed E-state index contributed by atoms with van der Waals surface area (Å²) in [6.45, 7) is 3.52. The van der Waals surface area contributed by atoms with Crippen LogP contribution in [0.25, 0.3) is 0 Å². The number of nitrogens with zero attached hydrogens (tertiary/aromatic N) is 1. The summed E-state index contributed by atoms with van der Waals surface area (Å²) in [5, 5.41) is 10.2. The number of likely N-dealkylation sites (N-methyl/N-ethyl adjacent to an activating group) is 1. The standard InChI is InChI=1S/C16H24BrNO2/c1-18(9-10-20-12-13-5-6-13)8-7-16(19)14-3-2-4-15(17)11-14/h2-4,11,13,16,19H,5-10,12H2,1H3. The highest BCUT2D eigenvalue weighted by atomic mass is 79.9. The Hall–Kier alpha value is -0.420. The molecular weight excluding hydrogens is 318 g/mol. The summed E-state index contributed by atoms with van der Waals surface area (Å²) in [4.78, 5) is 2.22. The molecule has 0 bridgehead atoms. The molecule has 2 rings (SSSR count). The molecule has 0 radical (unpaired) electrons.